The van der Waals surface area contributed by atoms with Gasteiger partial charge in [0.1, 0.15) is 5.69 Å². The molecule has 0 spiro atoms. The molecule has 0 amide bonds. The number of halogens is 2. The second-order valence-corrected chi connectivity index (χ2v) is 6.39. The third-order valence-electron chi connectivity index (χ3n) is 3.66. The minimum Gasteiger partial charge on any atom is -0.373 e. The molecular weight excluding hydrogens is 335 g/mol. The van der Waals surface area contributed by atoms with Crippen LogP contribution in [-0.4, -0.2) is 24.9 Å². The number of pyridine rings is 1. The Morgan fingerprint density at radius 1 is 1.17 bits per heavy atom. The highest BCUT2D eigenvalue weighted by molar-refractivity contribution is 6.35. The Balaban J connectivity index is 2.79. The average molecular weight is 353 g/mol. The number of rotatable bonds is 4. The van der Waals surface area contributed by atoms with Gasteiger partial charge in [-0.1, -0.05) is 30.1 Å². The molecule has 6 heteroatoms. The van der Waals surface area contributed by atoms with E-state index in [4.69, 9.17) is 23.2 Å². The van der Waals surface area contributed by atoms with Crippen molar-refractivity contribution in [3.05, 3.63) is 61.0 Å². The number of nitrogens with one attached hydrogen (secondary N) is 1. The molecule has 0 unspecified atom stereocenters. The maximum atomic E-state index is 13.1. The lowest BCUT2D eigenvalue weighted by atomic mass is 9.94. The van der Waals surface area contributed by atoms with Gasteiger partial charge in [-0.25, -0.2) is 0 Å². The van der Waals surface area contributed by atoms with Crippen LogP contribution in [0.5, 0.6) is 0 Å². The molecule has 0 saturated carbocycles. The lowest BCUT2D eigenvalue weighted by Crippen LogP contribution is -2.27. The van der Waals surface area contributed by atoms with E-state index in [1.165, 1.54) is 0 Å². The van der Waals surface area contributed by atoms with Crippen LogP contribution in [0.15, 0.2) is 23.0 Å². The molecule has 1 N–H and O–H groups in total. The zero-order valence-corrected chi connectivity index (χ0v) is 15.0. The molecule has 0 atom stereocenters. The van der Waals surface area contributed by atoms with Gasteiger partial charge in [-0.15, -0.1) is 0 Å². The molecule has 0 saturated heterocycles. The molecule has 122 valence electrons. The highest BCUT2D eigenvalue weighted by Crippen LogP contribution is 2.27. The summed E-state index contributed by atoms with van der Waals surface area (Å²) < 4.78 is 0. The van der Waals surface area contributed by atoms with Gasteiger partial charge in [-0.3, -0.25) is 9.59 Å². The Morgan fingerprint density at radius 2 is 1.74 bits per heavy atom. The van der Waals surface area contributed by atoms with E-state index in [0.29, 0.717) is 39.0 Å². The normalized spacial score (nSPS) is 10.7. The van der Waals surface area contributed by atoms with Gasteiger partial charge < -0.3 is 9.88 Å². The second-order valence-electron chi connectivity index (χ2n) is 5.52. The van der Waals surface area contributed by atoms with Crippen LogP contribution in [0.2, 0.25) is 10.0 Å². The van der Waals surface area contributed by atoms with Gasteiger partial charge in [0.25, 0.3) is 5.56 Å². The Labute approximate surface area is 145 Å². The van der Waals surface area contributed by atoms with Crippen LogP contribution in [0.1, 0.15) is 34.1 Å². The van der Waals surface area contributed by atoms with Crippen LogP contribution in [0.25, 0.3) is 0 Å². The Bertz CT molecular complexity index is 806. The van der Waals surface area contributed by atoms with Crippen LogP contribution in [0.4, 0.5) is 5.69 Å². The predicted molar refractivity (Wildman–Crippen MR) is 95.4 cm³/mol. The molecule has 0 fully saturated rings. The quantitative estimate of drug-likeness (QED) is 0.850. The van der Waals surface area contributed by atoms with Crippen molar-refractivity contribution in [3.63, 3.8) is 0 Å². The van der Waals surface area contributed by atoms with Gasteiger partial charge in [0.2, 0.25) is 0 Å². The topological polar surface area (TPSA) is 53.2 Å². The first-order valence-electron chi connectivity index (χ1n) is 7.20. The molecular formula is C17H18Cl2N2O2. The van der Waals surface area contributed by atoms with Crippen molar-refractivity contribution >= 4 is 34.7 Å². The Hall–Kier alpha value is -1.78. The van der Waals surface area contributed by atoms with Crippen molar-refractivity contribution in [2.45, 2.75) is 20.3 Å². The summed E-state index contributed by atoms with van der Waals surface area (Å²) in [5.41, 5.74) is 2.33. The fourth-order valence-electron chi connectivity index (χ4n) is 2.69. The number of hydrogen-bond donors (Lipinski definition) is 1. The first-order valence-corrected chi connectivity index (χ1v) is 7.95. The molecule has 0 aliphatic rings. The number of aromatic amines is 1. The highest BCUT2D eigenvalue weighted by Gasteiger charge is 2.23. The van der Waals surface area contributed by atoms with E-state index < -0.39 is 0 Å². The van der Waals surface area contributed by atoms with Crippen molar-refractivity contribution < 1.29 is 4.79 Å². The maximum Gasteiger partial charge on any atom is 0.272 e. The Morgan fingerprint density at radius 3 is 2.22 bits per heavy atom. The van der Waals surface area contributed by atoms with E-state index in [2.05, 4.69) is 4.98 Å². The number of aromatic nitrogens is 1. The molecule has 4 nitrogen and oxygen atoms in total. The minimum atomic E-state index is -0.291. The summed E-state index contributed by atoms with van der Waals surface area (Å²) in [5, 5.41) is 0.763. The van der Waals surface area contributed by atoms with E-state index in [-0.39, 0.29) is 11.3 Å². The summed E-state index contributed by atoms with van der Waals surface area (Å²) in [6.07, 6.45) is 0.624. The number of carbonyl (C=O) groups is 1. The number of aryl methyl sites for hydroxylation is 1. The van der Waals surface area contributed by atoms with Gasteiger partial charge in [-0.05, 0) is 37.1 Å². The number of benzene rings is 1. The lowest BCUT2D eigenvalue weighted by molar-refractivity contribution is 0.103. The third kappa shape index (κ3) is 3.43. The molecule has 0 aliphatic heterocycles. The molecule has 1 aromatic heterocycles. The van der Waals surface area contributed by atoms with Crippen molar-refractivity contribution in [1.82, 2.24) is 4.98 Å². The summed E-state index contributed by atoms with van der Waals surface area (Å²) in [6.45, 7) is 3.74. The van der Waals surface area contributed by atoms with Crippen LogP contribution >= 0.6 is 23.2 Å². The molecule has 0 bridgehead atoms. The van der Waals surface area contributed by atoms with Crippen LogP contribution < -0.4 is 10.5 Å². The Kier molecular flexibility index (Phi) is 5.17. The number of ketones is 1. The van der Waals surface area contributed by atoms with Gasteiger partial charge >= 0.3 is 0 Å². The maximum absolute atomic E-state index is 13.1. The first kappa shape index (κ1) is 17.6. The fraction of sp³-hybridized carbons (Fsp3) is 0.294. The van der Waals surface area contributed by atoms with E-state index in [1.807, 2.05) is 6.92 Å². The molecule has 23 heavy (non-hydrogen) atoms. The van der Waals surface area contributed by atoms with Crippen molar-refractivity contribution in [2.24, 2.45) is 0 Å². The van der Waals surface area contributed by atoms with Crippen molar-refractivity contribution in [1.29, 1.82) is 0 Å². The predicted octanol–water partition coefficient (Wildman–Crippen LogP) is 3.85. The zero-order chi connectivity index (χ0) is 17.3. The van der Waals surface area contributed by atoms with Crippen LogP contribution in [0.3, 0.4) is 0 Å². The SMILES string of the molecule is CCc1c(C)[nH]c(=O)c(N(C)C)c1C(=O)c1cc(Cl)cc(Cl)c1. The van der Waals surface area contributed by atoms with E-state index in [0.717, 1.165) is 5.56 Å². The van der Waals surface area contributed by atoms with Gasteiger partial charge in [0, 0.05) is 35.4 Å². The largest absolute Gasteiger partial charge is 0.373 e. The second kappa shape index (κ2) is 6.77. The molecule has 2 rings (SSSR count). The standard InChI is InChI=1S/C17H18Cl2N2O2/c1-5-13-9(2)20-17(23)15(21(3)4)14(13)16(22)10-6-11(18)8-12(19)7-10/h6-8H,5H2,1-4H3,(H,20,23). The molecule has 2 aromatic rings. The number of hydrogen-bond acceptors (Lipinski definition) is 3. The number of H-pyrrole nitrogens is 1. The van der Waals surface area contributed by atoms with E-state index in [9.17, 15) is 9.59 Å². The smallest absolute Gasteiger partial charge is 0.272 e. The molecule has 0 radical (unpaired) electrons. The van der Waals surface area contributed by atoms with Crippen LogP contribution in [0, 0.1) is 6.92 Å². The summed E-state index contributed by atoms with van der Waals surface area (Å²) in [7, 11) is 3.47. The van der Waals surface area contributed by atoms with Crippen LogP contribution in [-0.2, 0) is 6.42 Å². The zero-order valence-electron chi connectivity index (χ0n) is 13.5. The van der Waals surface area contributed by atoms with Crippen molar-refractivity contribution in [3.8, 4) is 0 Å². The summed E-state index contributed by atoms with van der Waals surface area (Å²) in [5.74, 6) is -0.260. The average Bonchev–Trinajstić information content (AvgIpc) is 2.44. The molecule has 1 heterocycles. The highest BCUT2D eigenvalue weighted by atomic mass is 35.5. The van der Waals surface area contributed by atoms with Gasteiger partial charge in [0.05, 0.1) is 5.56 Å². The monoisotopic (exact) mass is 352 g/mol. The number of nitrogens with zero attached hydrogens (tertiary/aromatic N) is 1. The summed E-state index contributed by atoms with van der Waals surface area (Å²) >= 11 is 12.0. The van der Waals surface area contributed by atoms with E-state index in [1.54, 1.807) is 44.1 Å². The summed E-state index contributed by atoms with van der Waals surface area (Å²) in [6, 6.07) is 4.69. The minimum absolute atomic E-state index is 0.260. The molecule has 0 aliphatic carbocycles. The number of carbonyl (C=O) groups excluding carboxylic acids is 1. The van der Waals surface area contributed by atoms with Crippen molar-refractivity contribution in [2.75, 3.05) is 19.0 Å². The first-order chi connectivity index (χ1) is 10.8. The molecule has 1 aromatic carbocycles. The van der Waals surface area contributed by atoms with E-state index >= 15 is 0 Å². The lowest BCUT2D eigenvalue weighted by Gasteiger charge is -2.20. The van der Waals surface area contributed by atoms with Gasteiger partial charge in [-0.2, -0.15) is 0 Å². The third-order valence-corrected chi connectivity index (χ3v) is 4.10. The summed E-state index contributed by atoms with van der Waals surface area (Å²) in [4.78, 5) is 29.9. The number of anilines is 1. The fourth-order valence-corrected chi connectivity index (χ4v) is 3.22. The van der Waals surface area contributed by atoms with Gasteiger partial charge in [0.15, 0.2) is 5.78 Å².